The van der Waals surface area contributed by atoms with Crippen LogP contribution in [0.3, 0.4) is 0 Å². The molecule has 0 radical (unpaired) electrons. The number of carbonyl (C=O) groups is 2. The molecule has 0 aliphatic carbocycles. The lowest BCUT2D eigenvalue weighted by atomic mass is 10.1. The van der Waals surface area contributed by atoms with Crippen LogP contribution in [0.4, 0.5) is 0 Å². The SMILES string of the molecule is CCN(CC)Cc1ccc(C(=O)NNC(=O)c2ccc3c(c2)OCO3)cc1. The van der Waals surface area contributed by atoms with Crippen LogP contribution in [0.2, 0.25) is 0 Å². The average Bonchev–Trinajstić information content (AvgIpc) is 3.18. The fourth-order valence-corrected chi connectivity index (χ4v) is 2.76. The van der Waals surface area contributed by atoms with Crippen molar-refractivity contribution >= 4 is 11.8 Å². The molecule has 0 saturated carbocycles. The van der Waals surface area contributed by atoms with Gasteiger partial charge in [-0.05, 0) is 49.0 Å². The maximum Gasteiger partial charge on any atom is 0.269 e. The Balaban J connectivity index is 1.55. The molecule has 2 aromatic rings. The van der Waals surface area contributed by atoms with Gasteiger partial charge in [0.15, 0.2) is 11.5 Å². The summed E-state index contributed by atoms with van der Waals surface area (Å²) in [4.78, 5) is 26.7. The van der Waals surface area contributed by atoms with Crippen molar-refractivity contribution in [3.63, 3.8) is 0 Å². The Morgan fingerprint density at radius 1 is 0.889 bits per heavy atom. The Morgan fingerprint density at radius 3 is 2.15 bits per heavy atom. The van der Waals surface area contributed by atoms with E-state index in [2.05, 4.69) is 29.6 Å². The van der Waals surface area contributed by atoms with Gasteiger partial charge >= 0.3 is 0 Å². The van der Waals surface area contributed by atoms with Gasteiger partial charge < -0.3 is 9.47 Å². The number of rotatable bonds is 6. The zero-order valence-corrected chi connectivity index (χ0v) is 15.5. The third kappa shape index (κ3) is 4.57. The van der Waals surface area contributed by atoms with Crippen LogP contribution in [-0.4, -0.2) is 36.6 Å². The monoisotopic (exact) mass is 369 g/mol. The number of benzene rings is 2. The van der Waals surface area contributed by atoms with Crippen LogP contribution in [0.5, 0.6) is 11.5 Å². The zero-order chi connectivity index (χ0) is 19.2. The number of nitrogens with zero attached hydrogens (tertiary/aromatic N) is 1. The number of hydrogen-bond donors (Lipinski definition) is 2. The highest BCUT2D eigenvalue weighted by atomic mass is 16.7. The molecule has 0 spiro atoms. The minimum Gasteiger partial charge on any atom is -0.454 e. The number of hydrogen-bond acceptors (Lipinski definition) is 5. The summed E-state index contributed by atoms with van der Waals surface area (Å²) >= 11 is 0. The van der Waals surface area contributed by atoms with Crippen LogP contribution < -0.4 is 20.3 Å². The van der Waals surface area contributed by atoms with Crippen LogP contribution in [0.15, 0.2) is 42.5 Å². The van der Waals surface area contributed by atoms with Gasteiger partial charge in [0.2, 0.25) is 6.79 Å². The molecule has 2 aromatic carbocycles. The Bertz CT molecular complexity index is 816. The van der Waals surface area contributed by atoms with Crippen molar-refractivity contribution in [1.29, 1.82) is 0 Å². The van der Waals surface area contributed by atoms with Crippen molar-refractivity contribution in [2.24, 2.45) is 0 Å². The van der Waals surface area contributed by atoms with E-state index >= 15 is 0 Å². The first-order valence-electron chi connectivity index (χ1n) is 8.92. The molecule has 1 heterocycles. The normalized spacial score (nSPS) is 12.1. The Hall–Kier alpha value is -3.06. The lowest BCUT2D eigenvalue weighted by Gasteiger charge is -2.18. The molecule has 142 valence electrons. The fraction of sp³-hybridized carbons (Fsp3) is 0.300. The lowest BCUT2D eigenvalue weighted by Crippen LogP contribution is -2.41. The summed E-state index contributed by atoms with van der Waals surface area (Å²) in [6.45, 7) is 7.18. The smallest absolute Gasteiger partial charge is 0.269 e. The molecule has 0 saturated heterocycles. The van der Waals surface area contributed by atoms with Crippen molar-refractivity contribution in [2.75, 3.05) is 19.9 Å². The van der Waals surface area contributed by atoms with Crippen LogP contribution in [0.1, 0.15) is 40.1 Å². The van der Waals surface area contributed by atoms with Crippen molar-refractivity contribution < 1.29 is 19.1 Å². The molecule has 3 rings (SSSR count). The highest BCUT2D eigenvalue weighted by Gasteiger charge is 2.16. The Morgan fingerprint density at radius 2 is 1.48 bits per heavy atom. The summed E-state index contributed by atoms with van der Waals surface area (Å²) in [6.07, 6.45) is 0. The van der Waals surface area contributed by atoms with Crippen LogP contribution in [0, 0.1) is 0 Å². The van der Waals surface area contributed by atoms with E-state index in [1.807, 2.05) is 12.1 Å². The largest absolute Gasteiger partial charge is 0.454 e. The molecule has 0 fully saturated rings. The average molecular weight is 369 g/mol. The molecule has 2 amide bonds. The van der Waals surface area contributed by atoms with E-state index in [1.165, 1.54) is 0 Å². The number of ether oxygens (including phenoxy) is 2. The van der Waals surface area contributed by atoms with Crippen LogP contribution in [-0.2, 0) is 6.54 Å². The van der Waals surface area contributed by atoms with E-state index in [0.29, 0.717) is 22.6 Å². The van der Waals surface area contributed by atoms with Gasteiger partial charge in [-0.15, -0.1) is 0 Å². The number of hydrazine groups is 1. The molecule has 7 heteroatoms. The van der Waals surface area contributed by atoms with E-state index in [0.717, 1.165) is 25.2 Å². The van der Waals surface area contributed by atoms with Gasteiger partial charge in [0.1, 0.15) is 0 Å². The molecule has 27 heavy (non-hydrogen) atoms. The van der Waals surface area contributed by atoms with Gasteiger partial charge in [-0.1, -0.05) is 26.0 Å². The first kappa shape index (κ1) is 18.7. The Kier molecular flexibility index (Phi) is 5.93. The van der Waals surface area contributed by atoms with Crippen molar-refractivity contribution in [1.82, 2.24) is 15.8 Å². The number of nitrogens with one attached hydrogen (secondary N) is 2. The van der Waals surface area contributed by atoms with Gasteiger partial charge in [0, 0.05) is 17.7 Å². The summed E-state index contributed by atoms with van der Waals surface area (Å²) in [6, 6.07) is 12.2. The Labute approximate surface area is 158 Å². The minimum absolute atomic E-state index is 0.140. The maximum absolute atomic E-state index is 12.2. The second-order valence-corrected chi connectivity index (χ2v) is 6.13. The molecule has 0 bridgehead atoms. The number of amides is 2. The van der Waals surface area contributed by atoms with Crippen LogP contribution >= 0.6 is 0 Å². The highest BCUT2D eigenvalue weighted by Crippen LogP contribution is 2.32. The standard InChI is InChI=1S/C20H23N3O4/c1-3-23(4-2)12-14-5-7-15(8-6-14)19(24)21-22-20(25)16-9-10-17-18(11-16)27-13-26-17/h5-11H,3-4,12-13H2,1-2H3,(H,21,24)(H,22,25). The summed E-state index contributed by atoms with van der Waals surface area (Å²) in [5.74, 6) is 0.302. The summed E-state index contributed by atoms with van der Waals surface area (Å²) in [5, 5.41) is 0. The number of fused-ring (bicyclic) bond motifs is 1. The quantitative estimate of drug-likeness (QED) is 0.764. The molecule has 2 N–H and O–H groups in total. The van der Waals surface area contributed by atoms with E-state index < -0.39 is 5.91 Å². The minimum atomic E-state index is -0.431. The third-order valence-corrected chi connectivity index (χ3v) is 4.44. The topological polar surface area (TPSA) is 79.9 Å². The molecule has 7 nitrogen and oxygen atoms in total. The van der Waals surface area contributed by atoms with Crippen molar-refractivity contribution in [2.45, 2.75) is 20.4 Å². The molecule has 1 aliphatic rings. The molecular weight excluding hydrogens is 346 g/mol. The number of carbonyl (C=O) groups excluding carboxylic acids is 2. The molecule has 0 aromatic heterocycles. The van der Waals surface area contributed by atoms with Crippen LogP contribution in [0.25, 0.3) is 0 Å². The van der Waals surface area contributed by atoms with E-state index in [1.54, 1.807) is 30.3 Å². The van der Waals surface area contributed by atoms with E-state index in [9.17, 15) is 9.59 Å². The predicted molar refractivity (Wildman–Crippen MR) is 101 cm³/mol. The zero-order valence-electron chi connectivity index (χ0n) is 15.5. The summed E-state index contributed by atoms with van der Waals surface area (Å²) < 4.78 is 10.5. The van der Waals surface area contributed by atoms with Gasteiger partial charge in [0.25, 0.3) is 11.8 Å². The van der Waals surface area contributed by atoms with Gasteiger partial charge in [-0.3, -0.25) is 25.3 Å². The summed E-state index contributed by atoms with van der Waals surface area (Å²) in [5.41, 5.74) is 6.82. The third-order valence-electron chi connectivity index (χ3n) is 4.44. The molecular formula is C20H23N3O4. The molecule has 1 aliphatic heterocycles. The maximum atomic E-state index is 12.2. The molecule has 0 unspecified atom stereocenters. The first-order valence-corrected chi connectivity index (χ1v) is 8.92. The predicted octanol–water partition coefficient (Wildman–Crippen LogP) is 2.33. The fourth-order valence-electron chi connectivity index (χ4n) is 2.76. The van der Waals surface area contributed by atoms with Gasteiger partial charge in [-0.25, -0.2) is 0 Å². The van der Waals surface area contributed by atoms with Crippen molar-refractivity contribution in [3.05, 3.63) is 59.2 Å². The molecule has 0 atom stereocenters. The highest BCUT2D eigenvalue weighted by molar-refractivity contribution is 5.99. The second-order valence-electron chi connectivity index (χ2n) is 6.13. The second kappa shape index (κ2) is 8.55. The van der Waals surface area contributed by atoms with Gasteiger partial charge in [0.05, 0.1) is 0 Å². The summed E-state index contributed by atoms with van der Waals surface area (Å²) in [7, 11) is 0. The van der Waals surface area contributed by atoms with Crippen molar-refractivity contribution in [3.8, 4) is 11.5 Å². The first-order chi connectivity index (χ1) is 13.1. The van der Waals surface area contributed by atoms with E-state index in [4.69, 9.17) is 9.47 Å². The van der Waals surface area contributed by atoms with Gasteiger partial charge in [-0.2, -0.15) is 0 Å². The van der Waals surface area contributed by atoms with E-state index in [-0.39, 0.29) is 12.7 Å². The lowest BCUT2D eigenvalue weighted by molar-refractivity contribution is 0.0846.